The van der Waals surface area contributed by atoms with E-state index in [4.69, 9.17) is 12.6 Å². The lowest BCUT2D eigenvalue weighted by Crippen LogP contribution is -2.51. The summed E-state index contributed by atoms with van der Waals surface area (Å²) < 4.78 is 0. The highest BCUT2D eigenvalue weighted by Crippen LogP contribution is 2.39. The molecule has 2 saturated heterocycles. The highest BCUT2D eigenvalue weighted by Gasteiger charge is 2.39. The lowest BCUT2D eigenvalue weighted by atomic mass is 10.0. The van der Waals surface area contributed by atoms with Crippen molar-refractivity contribution in [1.29, 1.82) is 0 Å². The third-order valence-electron chi connectivity index (χ3n) is 7.00. The van der Waals surface area contributed by atoms with Gasteiger partial charge in [0.1, 0.15) is 0 Å². The van der Waals surface area contributed by atoms with Gasteiger partial charge in [-0.25, -0.2) is 0 Å². The second kappa shape index (κ2) is 8.89. The minimum Gasteiger partial charge on any atom is -0.369 e. The Morgan fingerprint density at radius 1 is 1.06 bits per heavy atom. The zero-order valence-electron chi connectivity index (χ0n) is 18.5. The molecule has 168 valence electrons. The fourth-order valence-electron chi connectivity index (χ4n) is 5.19. The minimum absolute atomic E-state index is 0.119. The highest BCUT2D eigenvalue weighted by molar-refractivity contribution is 7.80. The van der Waals surface area contributed by atoms with E-state index in [2.05, 4.69) is 69.4 Å². The zero-order chi connectivity index (χ0) is 22.2. The van der Waals surface area contributed by atoms with E-state index in [1.54, 1.807) is 0 Å². The third-order valence-corrected chi connectivity index (χ3v) is 7.58. The summed E-state index contributed by atoms with van der Waals surface area (Å²) in [6, 6.07) is 15.0. The number of nitrogens with zero attached hydrogens (tertiary/aromatic N) is 3. The van der Waals surface area contributed by atoms with E-state index in [9.17, 15) is 9.59 Å². The number of para-hydroxylation sites is 1. The van der Waals surface area contributed by atoms with Gasteiger partial charge in [0.2, 0.25) is 11.8 Å². The van der Waals surface area contributed by atoms with Crippen molar-refractivity contribution >= 4 is 30.1 Å². The van der Waals surface area contributed by atoms with Gasteiger partial charge in [-0.2, -0.15) is 12.6 Å². The monoisotopic (exact) mass is 450 g/mol. The minimum atomic E-state index is -0.291. The van der Waals surface area contributed by atoms with Crippen molar-refractivity contribution < 1.29 is 9.59 Å². The Labute approximate surface area is 195 Å². The average molecular weight is 451 g/mol. The highest BCUT2D eigenvalue weighted by atomic mass is 32.1. The van der Waals surface area contributed by atoms with Crippen LogP contribution in [0.3, 0.4) is 0 Å². The molecule has 3 aliphatic rings. The van der Waals surface area contributed by atoms with Gasteiger partial charge in [-0.1, -0.05) is 36.4 Å². The Balaban J connectivity index is 1.22. The van der Waals surface area contributed by atoms with E-state index >= 15 is 0 Å². The predicted molar refractivity (Wildman–Crippen MR) is 129 cm³/mol. The Kier molecular flexibility index (Phi) is 5.97. The standard InChI is InChI=1S/C25H30N4O2S/c1-17-4-2-3-5-21(17)28-12-10-27(11-13-28)15-18-6-7-19-16-29(25(32)20(19)14-18)22-8-9-23(30)26-24(22)31/h2-7,14,22,25,32H,8-13,15-16H2,1H3,(H,26,30,31). The predicted octanol–water partition coefficient (Wildman–Crippen LogP) is 2.87. The van der Waals surface area contributed by atoms with E-state index in [1.165, 1.54) is 27.9 Å². The molecule has 7 heteroatoms. The molecule has 0 aliphatic carbocycles. The molecule has 5 rings (SSSR count). The van der Waals surface area contributed by atoms with Gasteiger partial charge in [-0.05, 0) is 41.7 Å². The van der Waals surface area contributed by atoms with Crippen molar-refractivity contribution in [3.05, 3.63) is 64.7 Å². The van der Waals surface area contributed by atoms with Gasteiger partial charge in [0.05, 0.1) is 11.4 Å². The number of imide groups is 1. The van der Waals surface area contributed by atoms with Gasteiger partial charge in [0, 0.05) is 51.4 Å². The van der Waals surface area contributed by atoms with Crippen LogP contribution in [0.5, 0.6) is 0 Å². The number of aryl methyl sites for hydroxylation is 1. The van der Waals surface area contributed by atoms with Crippen molar-refractivity contribution in [2.45, 2.75) is 44.3 Å². The molecule has 2 aromatic carbocycles. The molecule has 32 heavy (non-hydrogen) atoms. The molecular weight excluding hydrogens is 420 g/mol. The van der Waals surface area contributed by atoms with E-state index in [1.807, 2.05) is 0 Å². The smallest absolute Gasteiger partial charge is 0.243 e. The molecule has 0 saturated carbocycles. The van der Waals surface area contributed by atoms with Gasteiger partial charge in [0.15, 0.2) is 0 Å². The van der Waals surface area contributed by atoms with E-state index in [-0.39, 0.29) is 23.2 Å². The van der Waals surface area contributed by atoms with Gasteiger partial charge >= 0.3 is 0 Å². The number of hydrogen-bond donors (Lipinski definition) is 2. The van der Waals surface area contributed by atoms with E-state index < -0.39 is 0 Å². The van der Waals surface area contributed by atoms with Crippen molar-refractivity contribution in [3.63, 3.8) is 0 Å². The largest absolute Gasteiger partial charge is 0.369 e. The number of fused-ring (bicyclic) bond motifs is 1. The molecule has 1 N–H and O–H groups in total. The number of piperazine rings is 1. The molecular formula is C25H30N4O2S. The first-order valence-corrected chi connectivity index (χ1v) is 11.9. The number of piperidine rings is 1. The quantitative estimate of drug-likeness (QED) is 0.554. The molecule has 3 heterocycles. The fourth-order valence-corrected chi connectivity index (χ4v) is 5.67. The van der Waals surface area contributed by atoms with Gasteiger partial charge in [0.25, 0.3) is 0 Å². The van der Waals surface area contributed by atoms with Crippen LogP contribution in [0, 0.1) is 6.92 Å². The maximum Gasteiger partial charge on any atom is 0.243 e. The fraction of sp³-hybridized carbons (Fsp3) is 0.440. The summed E-state index contributed by atoms with van der Waals surface area (Å²) >= 11 is 4.86. The molecule has 0 radical (unpaired) electrons. The molecule has 0 spiro atoms. The second-order valence-electron chi connectivity index (χ2n) is 9.10. The van der Waals surface area contributed by atoms with Crippen molar-refractivity contribution in [2.75, 3.05) is 31.1 Å². The van der Waals surface area contributed by atoms with Crippen LogP contribution in [0.1, 0.15) is 40.5 Å². The van der Waals surface area contributed by atoms with Crippen molar-refractivity contribution in [3.8, 4) is 0 Å². The number of carbonyl (C=O) groups excluding carboxylic acids is 2. The number of amides is 2. The molecule has 3 aliphatic heterocycles. The first kappa shape index (κ1) is 21.5. The number of anilines is 1. The zero-order valence-corrected chi connectivity index (χ0v) is 19.4. The lowest BCUT2D eigenvalue weighted by Gasteiger charge is -2.37. The average Bonchev–Trinajstić information content (AvgIpc) is 3.11. The van der Waals surface area contributed by atoms with Crippen LogP contribution in [0.4, 0.5) is 5.69 Å². The van der Waals surface area contributed by atoms with Gasteiger partial charge in [-0.15, -0.1) is 0 Å². The van der Waals surface area contributed by atoms with Gasteiger partial charge in [-0.3, -0.25) is 24.7 Å². The van der Waals surface area contributed by atoms with Gasteiger partial charge < -0.3 is 4.90 Å². The molecule has 2 amide bonds. The first-order valence-electron chi connectivity index (χ1n) is 11.4. The van der Waals surface area contributed by atoms with Crippen LogP contribution >= 0.6 is 12.6 Å². The number of nitrogens with one attached hydrogen (secondary N) is 1. The summed E-state index contributed by atoms with van der Waals surface area (Å²) in [5.41, 5.74) is 6.38. The Hall–Kier alpha value is -2.35. The summed E-state index contributed by atoms with van der Waals surface area (Å²) in [6.07, 6.45) is 0.956. The van der Waals surface area contributed by atoms with Crippen LogP contribution < -0.4 is 10.2 Å². The molecule has 2 aromatic rings. The summed E-state index contributed by atoms with van der Waals surface area (Å²) in [5.74, 6) is -0.372. The number of thiol groups is 1. The van der Waals surface area contributed by atoms with Crippen LogP contribution in [0.15, 0.2) is 42.5 Å². The van der Waals surface area contributed by atoms with Crippen LogP contribution in [-0.4, -0.2) is 53.8 Å². The summed E-state index contributed by atoms with van der Waals surface area (Å²) in [7, 11) is 0. The van der Waals surface area contributed by atoms with Crippen LogP contribution in [0.25, 0.3) is 0 Å². The summed E-state index contributed by atoms with van der Waals surface area (Å²) in [6.45, 7) is 7.95. The topological polar surface area (TPSA) is 55.9 Å². The van der Waals surface area contributed by atoms with E-state index in [0.29, 0.717) is 19.4 Å². The number of carbonyl (C=O) groups is 2. The maximum atomic E-state index is 12.3. The SMILES string of the molecule is Cc1ccccc1N1CCN(Cc2ccc3c(c2)C(S)N(C2CCC(=O)NC2=O)C3)CC1. The second-order valence-corrected chi connectivity index (χ2v) is 9.58. The molecule has 6 nitrogen and oxygen atoms in total. The van der Waals surface area contributed by atoms with Crippen molar-refractivity contribution in [2.24, 2.45) is 0 Å². The molecule has 2 fully saturated rings. The maximum absolute atomic E-state index is 12.3. The van der Waals surface area contributed by atoms with E-state index in [0.717, 1.165) is 32.7 Å². The number of hydrogen-bond acceptors (Lipinski definition) is 6. The molecule has 2 unspecified atom stereocenters. The first-order chi connectivity index (χ1) is 15.5. The van der Waals surface area contributed by atoms with Crippen LogP contribution in [-0.2, 0) is 22.7 Å². The molecule has 0 bridgehead atoms. The van der Waals surface area contributed by atoms with Crippen molar-refractivity contribution in [1.82, 2.24) is 15.1 Å². The molecule has 0 aromatic heterocycles. The lowest BCUT2D eigenvalue weighted by molar-refractivity contribution is -0.137. The third kappa shape index (κ3) is 4.17. The summed E-state index contributed by atoms with van der Waals surface area (Å²) in [4.78, 5) is 31.0. The normalized spacial score (nSPS) is 24.5. The Morgan fingerprint density at radius 2 is 1.84 bits per heavy atom. The Bertz CT molecular complexity index is 1030. The molecule has 2 atom stereocenters. The Morgan fingerprint density at radius 3 is 2.59 bits per heavy atom. The van der Waals surface area contributed by atoms with Crippen LogP contribution in [0.2, 0.25) is 0 Å². The summed E-state index contributed by atoms with van der Waals surface area (Å²) in [5, 5.41) is 2.36. The number of rotatable bonds is 4. The number of benzene rings is 2.